The number of allylic oxidation sites excluding steroid dienone is 1. The molecule has 3 aromatic rings. The van der Waals surface area contributed by atoms with Gasteiger partial charge in [0, 0.05) is 12.6 Å². The van der Waals surface area contributed by atoms with Gasteiger partial charge in [0.2, 0.25) is 0 Å². The minimum atomic E-state index is -0.0874. The zero-order chi connectivity index (χ0) is 19.9. The van der Waals surface area contributed by atoms with E-state index in [0.29, 0.717) is 24.5 Å². The highest BCUT2D eigenvalue weighted by Gasteiger charge is 2.14. The maximum absolute atomic E-state index is 12.8. The molecule has 0 bridgehead atoms. The van der Waals surface area contributed by atoms with Crippen LogP contribution in [0, 0.1) is 6.92 Å². The van der Waals surface area contributed by atoms with Crippen LogP contribution in [-0.2, 0) is 6.42 Å². The summed E-state index contributed by atoms with van der Waals surface area (Å²) in [5, 5.41) is 11.5. The molecule has 0 atom stereocenters. The number of carbonyl (C=O) groups is 1. The Labute approximate surface area is 164 Å². The molecule has 0 spiro atoms. The van der Waals surface area contributed by atoms with E-state index in [1.165, 1.54) is 0 Å². The molecular formula is C21H23N5O2. The molecule has 0 unspecified atom stereocenters. The predicted molar refractivity (Wildman–Crippen MR) is 107 cm³/mol. The van der Waals surface area contributed by atoms with Crippen LogP contribution in [0.5, 0.6) is 5.75 Å². The molecule has 0 aliphatic heterocycles. The van der Waals surface area contributed by atoms with Gasteiger partial charge in [-0.05, 0) is 53.6 Å². The van der Waals surface area contributed by atoms with Crippen molar-refractivity contribution in [2.45, 2.75) is 13.3 Å². The molecule has 0 saturated heterocycles. The molecule has 0 aliphatic carbocycles. The van der Waals surface area contributed by atoms with Crippen LogP contribution in [0.3, 0.4) is 0 Å². The summed E-state index contributed by atoms with van der Waals surface area (Å²) in [5.74, 6) is 1.39. The summed E-state index contributed by atoms with van der Waals surface area (Å²) < 4.78 is 7.47. The minimum Gasteiger partial charge on any atom is -0.491 e. The minimum absolute atomic E-state index is 0.0874. The fourth-order valence-electron chi connectivity index (χ4n) is 2.82. The van der Waals surface area contributed by atoms with E-state index >= 15 is 0 Å². The molecule has 1 amide bonds. The lowest BCUT2D eigenvalue weighted by Gasteiger charge is -2.18. The lowest BCUT2D eigenvalue weighted by molar-refractivity contribution is 0.0773. The van der Waals surface area contributed by atoms with Gasteiger partial charge in [0.25, 0.3) is 5.91 Å². The molecule has 0 aliphatic rings. The largest absolute Gasteiger partial charge is 0.491 e. The summed E-state index contributed by atoms with van der Waals surface area (Å²) in [6.07, 6.45) is 2.59. The SMILES string of the molecule is C=CCc1ccccc1OCCN(C)C(=O)c1cccc(-n2nnnc2C)c1. The molecule has 0 N–H and O–H groups in total. The molecule has 0 fully saturated rings. The van der Waals surface area contributed by atoms with Gasteiger partial charge in [0.05, 0.1) is 12.2 Å². The standard InChI is InChI=1S/C21H23N5O2/c1-4-8-17-9-5-6-12-20(17)28-14-13-25(3)21(27)18-10-7-11-19(15-18)26-16(2)22-23-24-26/h4-7,9-12,15H,1,8,13-14H2,2-3H3. The van der Waals surface area contributed by atoms with Gasteiger partial charge in [-0.1, -0.05) is 30.3 Å². The number of para-hydroxylation sites is 1. The molecule has 0 saturated carbocycles. The summed E-state index contributed by atoms with van der Waals surface area (Å²) in [7, 11) is 1.76. The van der Waals surface area contributed by atoms with Gasteiger partial charge in [-0.25, -0.2) is 0 Å². The number of likely N-dealkylation sites (N-methyl/N-ethyl adjacent to an activating group) is 1. The zero-order valence-electron chi connectivity index (χ0n) is 16.1. The molecule has 1 aromatic heterocycles. The highest BCUT2D eigenvalue weighted by atomic mass is 16.5. The fourth-order valence-corrected chi connectivity index (χ4v) is 2.82. The second-order valence-electron chi connectivity index (χ2n) is 6.36. The van der Waals surface area contributed by atoms with Crippen LogP contribution in [0.2, 0.25) is 0 Å². The first kappa shape index (κ1) is 19.3. The number of nitrogens with zero attached hydrogens (tertiary/aromatic N) is 5. The van der Waals surface area contributed by atoms with Crippen molar-refractivity contribution in [2.75, 3.05) is 20.2 Å². The van der Waals surface area contributed by atoms with E-state index in [9.17, 15) is 4.79 Å². The zero-order valence-corrected chi connectivity index (χ0v) is 16.1. The van der Waals surface area contributed by atoms with Crippen LogP contribution in [-0.4, -0.2) is 51.2 Å². The van der Waals surface area contributed by atoms with Crippen molar-refractivity contribution >= 4 is 5.91 Å². The Bertz CT molecular complexity index is 967. The number of carbonyl (C=O) groups excluding carboxylic acids is 1. The number of aryl methyl sites for hydroxylation is 1. The number of hydrogen-bond acceptors (Lipinski definition) is 5. The summed E-state index contributed by atoms with van der Waals surface area (Å²) >= 11 is 0. The smallest absolute Gasteiger partial charge is 0.253 e. The van der Waals surface area contributed by atoms with E-state index < -0.39 is 0 Å². The van der Waals surface area contributed by atoms with Gasteiger partial charge in [0.15, 0.2) is 5.82 Å². The van der Waals surface area contributed by atoms with Crippen LogP contribution < -0.4 is 4.74 Å². The van der Waals surface area contributed by atoms with Crippen molar-refractivity contribution in [3.05, 3.63) is 78.1 Å². The third kappa shape index (κ3) is 4.43. The van der Waals surface area contributed by atoms with Gasteiger partial charge >= 0.3 is 0 Å². The van der Waals surface area contributed by atoms with Gasteiger partial charge in [-0.15, -0.1) is 11.7 Å². The third-order valence-electron chi connectivity index (χ3n) is 4.33. The average Bonchev–Trinajstić information content (AvgIpc) is 3.15. The number of benzene rings is 2. The topological polar surface area (TPSA) is 73.1 Å². The number of ether oxygens (including phenoxy) is 1. The Balaban J connectivity index is 1.62. The summed E-state index contributed by atoms with van der Waals surface area (Å²) in [6, 6.07) is 15.1. The molecule has 3 rings (SSSR count). The first-order valence-electron chi connectivity index (χ1n) is 9.02. The monoisotopic (exact) mass is 377 g/mol. The van der Waals surface area contributed by atoms with Crippen LogP contribution in [0.4, 0.5) is 0 Å². The Morgan fingerprint density at radius 2 is 2.07 bits per heavy atom. The number of aromatic nitrogens is 4. The summed E-state index contributed by atoms with van der Waals surface area (Å²) in [6.45, 7) is 6.45. The lowest BCUT2D eigenvalue weighted by Crippen LogP contribution is -2.31. The maximum Gasteiger partial charge on any atom is 0.253 e. The van der Waals surface area contributed by atoms with Crippen molar-refractivity contribution < 1.29 is 9.53 Å². The van der Waals surface area contributed by atoms with Crippen molar-refractivity contribution in [1.82, 2.24) is 25.1 Å². The normalized spacial score (nSPS) is 10.5. The van der Waals surface area contributed by atoms with E-state index in [0.717, 1.165) is 23.4 Å². The van der Waals surface area contributed by atoms with Gasteiger partial charge in [-0.3, -0.25) is 4.79 Å². The Kier molecular flexibility index (Phi) is 6.16. The molecule has 28 heavy (non-hydrogen) atoms. The van der Waals surface area contributed by atoms with E-state index in [-0.39, 0.29) is 5.91 Å². The van der Waals surface area contributed by atoms with Gasteiger partial charge < -0.3 is 9.64 Å². The van der Waals surface area contributed by atoms with Crippen molar-refractivity contribution in [3.63, 3.8) is 0 Å². The molecule has 7 heteroatoms. The summed E-state index contributed by atoms with van der Waals surface area (Å²) in [5.41, 5.74) is 2.40. The van der Waals surface area contributed by atoms with E-state index in [4.69, 9.17) is 4.74 Å². The Hall–Kier alpha value is -3.48. The highest BCUT2D eigenvalue weighted by molar-refractivity contribution is 5.94. The van der Waals surface area contributed by atoms with Crippen LogP contribution in [0.25, 0.3) is 5.69 Å². The Morgan fingerprint density at radius 3 is 2.82 bits per heavy atom. The molecule has 1 heterocycles. The van der Waals surface area contributed by atoms with Crippen molar-refractivity contribution in [3.8, 4) is 11.4 Å². The first-order chi connectivity index (χ1) is 13.6. The maximum atomic E-state index is 12.8. The van der Waals surface area contributed by atoms with E-state index in [1.54, 1.807) is 28.8 Å². The lowest BCUT2D eigenvalue weighted by atomic mass is 10.1. The second-order valence-corrected chi connectivity index (χ2v) is 6.36. The second kappa shape index (κ2) is 8.94. The molecule has 7 nitrogen and oxygen atoms in total. The van der Waals surface area contributed by atoms with Crippen molar-refractivity contribution in [2.24, 2.45) is 0 Å². The highest BCUT2D eigenvalue weighted by Crippen LogP contribution is 2.19. The van der Waals surface area contributed by atoms with Gasteiger partial charge in [0.1, 0.15) is 12.4 Å². The number of amides is 1. The van der Waals surface area contributed by atoms with Crippen LogP contribution in [0.15, 0.2) is 61.2 Å². The van der Waals surface area contributed by atoms with E-state index in [1.807, 2.05) is 49.4 Å². The van der Waals surface area contributed by atoms with Crippen molar-refractivity contribution in [1.29, 1.82) is 0 Å². The Morgan fingerprint density at radius 1 is 1.25 bits per heavy atom. The molecular weight excluding hydrogens is 354 g/mol. The fraction of sp³-hybridized carbons (Fsp3) is 0.238. The van der Waals surface area contributed by atoms with Crippen LogP contribution >= 0.6 is 0 Å². The van der Waals surface area contributed by atoms with E-state index in [2.05, 4.69) is 22.1 Å². The number of hydrogen-bond donors (Lipinski definition) is 0. The number of tetrazole rings is 1. The molecule has 144 valence electrons. The van der Waals surface area contributed by atoms with Gasteiger partial charge in [-0.2, -0.15) is 4.68 Å². The molecule has 2 aromatic carbocycles. The quantitative estimate of drug-likeness (QED) is 0.565. The number of rotatable bonds is 8. The summed E-state index contributed by atoms with van der Waals surface area (Å²) in [4.78, 5) is 14.4. The average molecular weight is 377 g/mol. The van der Waals surface area contributed by atoms with Crippen LogP contribution in [0.1, 0.15) is 21.7 Å². The molecule has 0 radical (unpaired) electrons. The first-order valence-corrected chi connectivity index (χ1v) is 9.02. The predicted octanol–water partition coefficient (Wildman–Crippen LogP) is 2.85. The third-order valence-corrected chi connectivity index (χ3v) is 4.33.